The molecule has 14 heavy (non-hydrogen) atoms. The first-order chi connectivity index (χ1) is 6.79. The van der Waals surface area contributed by atoms with Gasteiger partial charge < -0.3 is 15.5 Å². The molecular weight excluding hydrogens is 202 g/mol. The highest BCUT2D eigenvalue weighted by atomic mass is 32.1. The molecule has 5 nitrogen and oxygen atoms in total. The molecule has 0 aromatic carbocycles. The van der Waals surface area contributed by atoms with Crippen LogP contribution in [0.4, 0.5) is 5.13 Å². The number of hydrogen-bond donors (Lipinski definition) is 3. The van der Waals surface area contributed by atoms with E-state index in [1.54, 1.807) is 0 Å². The number of aliphatic hydroxyl groups is 2. The second-order valence-electron chi connectivity index (χ2n) is 3.41. The lowest BCUT2D eigenvalue weighted by Crippen LogP contribution is -2.27. The molecule has 1 heterocycles. The van der Waals surface area contributed by atoms with Crippen LogP contribution in [0.15, 0.2) is 0 Å². The van der Waals surface area contributed by atoms with Crippen molar-refractivity contribution in [2.45, 2.75) is 38.0 Å². The molecule has 2 unspecified atom stereocenters. The summed E-state index contributed by atoms with van der Waals surface area (Å²) in [6.07, 6.45) is 2.58. The summed E-state index contributed by atoms with van der Waals surface area (Å²) in [7, 11) is 0. The molecule has 2 atom stereocenters. The first kappa shape index (κ1) is 9.82. The fourth-order valence-electron chi connectivity index (χ4n) is 1.64. The molecule has 6 heteroatoms. The van der Waals surface area contributed by atoms with Crippen LogP contribution in [0.25, 0.3) is 0 Å². The minimum atomic E-state index is -0.281. The summed E-state index contributed by atoms with van der Waals surface area (Å²) in [5.74, 6) is 0. The smallest absolute Gasteiger partial charge is 0.206 e. The molecule has 1 aliphatic rings. The van der Waals surface area contributed by atoms with Crippen LogP contribution in [0.5, 0.6) is 0 Å². The Morgan fingerprint density at radius 2 is 2.29 bits per heavy atom. The molecule has 1 aliphatic carbocycles. The zero-order valence-electron chi connectivity index (χ0n) is 7.68. The van der Waals surface area contributed by atoms with Gasteiger partial charge in [-0.25, -0.2) is 0 Å². The van der Waals surface area contributed by atoms with Crippen LogP contribution in [0.1, 0.15) is 24.3 Å². The Morgan fingerprint density at radius 3 is 2.86 bits per heavy atom. The van der Waals surface area contributed by atoms with Crippen LogP contribution in [0, 0.1) is 0 Å². The monoisotopic (exact) mass is 215 g/mol. The topological polar surface area (TPSA) is 78.3 Å². The van der Waals surface area contributed by atoms with E-state index in [4.69, 9.17) is 5.11 Å². The van der Waals surface area contributed by atoms with E-state index in [2.05, 4.69) is 15.5 Å². The van der Waals surface area contributed by atoms with Gasteiger partial charge in [-0.2, -0.15) is 0 Å². The Kier molecular flexibility index (Phi) is 2.95. The molecule has 1 aromatic rings. The van der Waals surface area contributed by atoms with Gasteiger partial charge in [0.15, 0.2) is 0 Å². The maximum atomic E-state index is 9.56. The summed E-state index contributed by atoms with van der Waals surface area (Å²) >= 11 is 1.33. The largest absolute Gasteiger partial charge is 0.391 e. The third-order valence-corrected chi connectivity index (χ3v) is 3.23. The predicted molar refractivity (Wildman–Crippen MR) is 53.1 cm³/mol. The zero-order chi connectivity index (χ0) is 9.97. The predicted octanol–water partition coefficient (Wildman–Crippen LogP) is 0.356. The van der Waals surface area contributed by atoms with Crippen LogP contribution < -0.4 is 5.32 Å². The van der Waals surface area contributed by atoms with Crippen LogP contribution >= 0.6 is 11.3 Å². The van der Waals surface area contributed by atoms with Gasteiger partial charge in [-0.3, -0.25) is 0 Å². The van der Waals surface area contributed by atoms with E-state index in [0.717, 1.165) is 19.3 Å². The van der Waals surface area contributed by atoms with Crippen molar-refractivity contribution in [1.82, 2.24) is 10.2 Å². The van der Waals surface area contributed by atoms with Crippen molar-refractivity contribution in [3.63, 3.8) is 0 Å². The molecule has 0 saturated heterocycles. The van der Waals surface area contributed by atoms with Gasteiger partial charge in [0.2, 0.25) is 5.13 Å². The lowest BCUT2D eigenvalue weighted by atomic mass is 10.2. The Morgan fingerprint density at radius 1 is 1.43 bits per heavy atom. The van der Waals surface area contributed by atoms with Crippen molar-refractivity contribution in [1.29, 1.82) is 0 Å². The van der Waals surface area contributed by atoms with Gasteiger partial charge in [-0.15, -0.1) is 10.2 Å². The van der Waals surface area contributed by atoms with Crippen molar-refractivity contribution < 1.29 is 10.2 Å². The highest BCUT2D eigenvalue weighted by Crippen LogP contribution is 2.24. The summed E-state index contributed by atoms with van der Waals surface area (Å²) < 4.78 is 0. The van der Waals surface area contributed by atoms with Crippen LogP contribution in [-0.4, -0.2) is 32.6 Å². The van der Waals surface area contributed by atoms with E-state index < -0.39 is 0 Å². The normalized spacial score (nSPS) is 26.7. The first-order valence-corrected chi connectivity index (χ1v) is 5.49. The highest BCUT2D eigenvalue weighted by Gasteiger charge is 2.25. The van der Waals surface area contributed by atoms with Crippen molar-refractivity contribution >= 4 is 16.5 Å². The molecule has 1 saturated carbocycles. The van der Waals surface area contributed by atoms with Crippen molar-refractivity contribution in [3.05, 3.63) is 5.01 Å². The summed E-state index contributed by atoms with van der Waals surface area (Å²) in [5, 5.41) is 30.4. The number of nitrogens with zero attached hydrogens (tertiary/aromatic N) is 2. The minimum absolute atomic E-state index is 0.0768. The van der Waals surface area contributed by atoms with Crippen LogP contribution in [0.3, 0.4) is 0 Å². The molecule has 78 valence electrons. The van der Waals surface area contributed by atoms with Gasteiger partial charge in [-0.05, 0) is 19.3 Å². The van der Waals surface area contributed by atoms with Gasteiger partial charge in [0, 0.05) is 0 Å². The first-order valence-electron chi connectivity index (χ1n) is 4.67. The molecule has 0 spiro atoms. The summed E-state index contributed by atoms with van der Waals surface area (Å²) in [6, 6.07) is 0.0921. The van der Waals surface area contributed by atoms with E-state index in [1.165, 1.54) is 11.3 Å². The second kappa shape index (κ2) is 4.20. The van der Waals surface area contributed by atoms with Crippen molar-refractivity contribution in [2.75, 3.05) is 5.32 Å². The third kappa shape index (κ3) is 2.02. The quantitative estimate of drug-likeness (QED) is 0.678. The molecule has 0 amide bonds. The second-order valence-corrected chi connectivity index (χ2v) is 4.47. The standard InChI is InChI=1S/C8H13N3O2S/c12-4-7-10-11-8(14-7)9-5-2-1-3-6(5)13/h5-6,12-13H,1-4H2,(H,9,11). The molecule has 3 N–H and O–H groups in total. The number of rotatable bonds is 3. The number of anilines is 1. The molecular formula is C8H13N3O2S. The molecule has 2 rings (SSSR count). The maximum Gasteiger partial charge on any atom is 0.206 e. The van der Waals surface area contributed by atoms with E-state index in [1.807, 2.05) is 0 Å². The lowest BCUT2D eigenvalue weighted by Gasteiger charge is -2.14. The van der Waals surface area contributed by atoms with Crippen LogP contribution in [0.2, 0.25) is 0 Å². The lowest BCUT2D eigenvalue weighted by molar-refractivity contribution is 0.172. The highest BCUT2D eigenvalue weighted by molar-refractivity contribution is 7.15. The average molecular weight is 215 g/mol. The molecule has 0 aliphatic heterocycles. The Bertz CT molecular complexity index is 305. The number of nitrogens with one attached hydrogen (secondary N) is 1. The van der Waals surface area contributed by atoms with E-state index in [-0.39, 0.29) is 18.8 Å². The van der Waals surface area contributed by atoms with Crippen LogP contribution in [-0.2, 0) is 6.61 Å². The Labute approximate surface area is 85.8 Å². The van der Waals surface area contributed by atoms with E-state index in [0.29, 0.717) is 10.1 Å². The van der Waals surface area contributed by atoms with Crippen molar-refractivity contribution in [3.8, 4) is 0 Å². The van der Waals surface area contributed by atoms with E-state index >= 15 is 0 Å². The SMILES string of the molecule is OCc1nnc(NC2CCCC2O)s1. The van der Waals surface area contributed by atoms with Gasteiger partial charge in [-0.1, -0.05) is 11.3 Å². The van der Waals surface area contributed by atoms with Gasteiger partial charge in [0.25, 0.3) is 0 Å². The van der Waals surface area contributed by atoms with Gasteiger partial charge in [0.1, 0.15) is 5.01 Å². The summed E-state index contributed by atoms with van der Waals surface area (Å²) in [6.45, 7) is -0.0768. The number of aromatic nitrogens is 2. The Balaban J connectivity index is 1.96. The van der Waals surface area contributed by atoms with Crippen molar-refractivity contribution in [2.24, 2.45) is 0 Å². The molecule has 1 fully saturated rings. The summed E-state index contributed by atoms with van der Waals surface area (Å²) in [5.41, 5.74) is 0. The zero-order valence-corrected chi connectivity index (χ0v) is 8.50. The average Bonchev–Trinajstić information content (AvgIpc) is 2.77. The summed E-state index contributed by atoms with van der Waals surface area (Å²) in [4.78, 5) is 0. The molecule has 0 radical (unpaired) electrons. The minimum Gasteiger partial charge on any atom is -0.391 e. The van der Waals surface area contributed by atoms with Gasteiger partial charge >= 0.3 is 0 Å². The fourth-order valence-corrected chi connectivity index (χ4v) is 2.30. The molecule has 0 bridgehead atoms. The third-order valence-electron chi connectivity index (χ3n) is 2.39. The number of hydrogen-bond acceptors (Lipinski definition) is 6. The maximum absolute atomic E-state index is 9.56. The Hall–Kier alpha value is -0.720. The van der Waals surface area contributed by atoms with E-state index in [9.17, 15) is 5.11 Å². The number of aliphatic hydroxyl groups excluding tert-OH is 2. The van der Waals surface area contributed by atoms with Gasteiger partial charge in [0.05, 0.1) is 18.8 Å². The molecule has 1 aromatic heterocycles. The fraction of sp³-hybridized carbons (Fsp3) is 0.750.